The fourth-order valence-electron chi connectivity index (χ4n) is 7.57. The van der Waals surface area contributed by atoms with Crippen LogP contribution in [0.3, 0.4) is 0 Å². The van der Waals surface area contributed by atoms with Gasteiger partial charge in [0.05, 0.1) is 32.3 Å². The summed E-state index contributed by atoms with van der Waals surface area (Å²) in [5.74, 6) is -1.38. The predicted molar refractivity (Wildman–Crippen MR) is 194 cm³/mol. The molecule has 0 unspecified atom stereocenters. The molecule has 2 aromatic heterocycles. The molecule has 0 radical (unpaired) electrons. The number of fused-ring (bicyclic) bond motifs is 3. The molecule has 0 aromatic carbocycles. The lowest BCUT2D eigenvalue weighted by Gasteiger charge is -2.45. The van der Waals surface area contributed by atoms with Crippen molar-refractivity contribution < 1.29 is 38.2 Å². The summed E-state index contributed by atoms with van der Waals surface area (Å²) in [5.41, 5.74) is 0.122. The zero-order chi connectivity index (χ0) is 38.2. The van der Waals surface area contributed by atoms with Crippen LogP contribution < -0.4 is 10.6 Å². The number of nitrogens with one attached hydrogen (secondary N) is 2. The molecule has 4 fully saturated rings. The van der Waals surface area contributed by atoms with E-state index in [9.17, 15) is 24.0 Å². The third-order valence-corrected chi connectivity index (χ3v) is 11.6. The number of nitrogens with zero attached hydrogens (tertiary/aromatic N) is 5. The Bertz CT molecular complexity index is 1580. The maximum absolute atomic E-state index is 14.2. The minimum Gasteiger partial charge on any atom is -0.469 e. The molecule has 6 heterocycles. The lowest BCUT2D eigenvalue weighted by atomic mass is 9.82. The lowest BCUT2D eigenvalue weighted by molar-refractivity contribution is -0.151. The van der Waals surface area contributed by atoms with Crippen molar-refractivity contribution in [3.05, 3.63) is 40.4 Å². The van der Waals surface area contributed by atoms with Gasteiger partial charge in [-0.25, -0.2) is 15.0 Å². The highest BCUT2D eigenvalue weighted by molar-refractivity contribution is 7.09. The van der Waals surface area contributed by atoms with Crippen LogP contribution in [0.1, 0.15) is 87.2 Å². The van der Waals surface area contributed by atoms with E-state index in [1.54, 1.807) is 42.7 Å². The third-order valence-electron chi connectivity index (χ3n) is 10.7. The lowest BCUT2D eigenvalue weighted by Crippen LogP contribution is -2.62. The Morgan fingerprint density at radius 2 is 1.75 bits per heavy atom. The van der Waals surface area contributed by atoms with E-state index in [4.69, 9.17) is 14.2 Å². The highest BCUT2D eigenvalue weighted by atomic mass is 32.1. The first kappa shape index (κ1) is 40.2. The van der Waals surface area contributed by atoms with Crippen molar-refractivity contribution in [2.24, 2.45) is 23.7 Å². The summed E-state index contributed by atoms with van der Waals surface area (Å²) in [7, 11) is 3.04. The Labute approximate surface area is 314 Å². The van der Waals surface area contributed by atoms with Crippen LogP contribution in [0.2, 0.25) is 0 Å². The van der Waals surface area contributed by atoms with E-state index < -0.39 is 48.0 Å². The highest BCUT2D eigenvalue weighted by Gasteiger charge is 2.43. The van der Waals surface area contributed by atoms with Gasteiger partial charge < -0.3 is 29.7 Å². The molecule has 2 aromatic rings. The van der Waals surface area contributed by atoms with Gasteiger partial charge >= 0.3 is 11.9 Å². The number of piperidine rings is 3. The molecule has 4 saturated heterocycles. The maximum atomic E-state index is 14.2. The summed E-state index contributed by atoms with van der Waals surface area (Å²) in [5, 5.41) is 8.07. The minimum atomic E-state index is -0.847. The van der Waals surface area contributed by atoms with E-state index in [0.29, 0.717) is 30.0 Å². The van der Waals surface area contributed by atoms with Gasteiger partial charge in [-0.05, 0) is 56.7 Å². The van der Waals surface area contributed by atoms with Gasteiger partial charge in [-0.2, -0.15) is 0 Å². The average molecular weight is 756 g/mol. The number of esters is 2. The quantitative estimate of drug-likeness (QED) is 0.226. The third kappa shape index (κ3) is 10.4. The Balaban J connectivity index is 1.29. The molecule has 16 heteroatoms. The van der Waals surface area contributed by atoms with Crippen LogP contribution in [-0.4, -0.2) is 119 Å². The average Bonchev–Trinajstić information content (AvgIpc) is 3.62. The summed E-state index contributed by atoms with van der Waals surface area (Å²) in [6.07, 6.45) is 6.19. The van der Waals surface area contributed by atoms with Gasteiger partial charge in [0.25, 0.3) is 5.91 Å². The number of thiazole rings is 1. The molecule has 290 valence electrons. The number of likely N-dealkylation sites (N-methyl/N-ethyl adjacent to an activating group) is 1. The van der Waals surface area contributed by atoms with Crippen molar-refractivity contribution in [3.63, 3.8) is 0 Å². The van der Waals surface area contributed by atoms with Gasteiger partial charge in [-0.15, -0.1) is 11.3 Å². The number of ether oxygens (including phenoxy) is 3. The number of rotatable bonds is 17. The zero-order valence-corrected chi connectivity index (χ0v) is 32.3. The second kappa shape index (κ2) is 18.3. The Kier molecular flexibility index (Phi) is 13.9. The van der Waals surface area contributed by atoms with Crippen molar-refractivity contribution in [2.75, 3.05) is 40.5 Å². The molecule has 6 atom stereocenters. The van der Waals surface area contributed by atoms with E-state index >= 15 is 0 Å². The smallest absolute Gasteiger partial charge is 0.308 e. The van der Waals surface area contributed by atoms with Crippen LogP contribution in [0.25, 0.3) is 0 Å². The van der Waals surface area contributed by atoms with Crippen molar-refractivity contribution in [3.8, 4) is 0 Å². The molecule has 4 aliphatic rings. The van der Waals surface area contributed by atoms with Crippen molar-refractivity contribution in [1.82, 2.24) is 35.4 Å². The first-order chi connectivity index (χ1) is 25.3. The van der Waals surface area contributed by atoms with Crippen LogP contribution in [0.15, 0.2) is 23.8 Å². The molecular formula is C37H53N7O8S. The molecule has 0 saturated carbocycles. The van der Waals surface area contributed by atoms with E-state index in [1.807, 2.05) is 13.8 Å². The standard InChI is InChI=1S/C37H53N7O8S/c1-21(2)28(43(5)36(48)32(25-18-51-19-25)42-34(47)29-15-24-8-12-44(29)13-9-24)17-30(52-23(4)45)35-41-27(20-53-35)33(46)40-26(14-22(3)37(49)50-6)16-31-38-10-7-11-39-31/h7,10-11,20-22,24-26,28-30,32H,8-9,12-19H2,1-6H3,(H,40,46)(H,42,47)/t22-,26+,28+,29+,30+,32-/m0/s1. The molecule has 0 spiro atoms. The van der Waals surface area contributed by atoms with Crippen molar-refractivity contribution in [2.45, 2.75) is 96.5 Å². The van der Waals surface area contributed by atoms with E-state index in [1.165, 1.54) is 25.4 Å². The predicted octanol–water partition coefficient (Wildman–Crippen LogP) is 2.57. The number of methoxy groups -OCH3 is 1. The molecular weight excluding hydrogens is 703 g/mol. The minimum absolute atomic E-state index is 0.0586. The Hall–Kier alpha value is -4.02. The molecule has 0 aliphatic carbocycles. The van der Waals surface area contributed by atoms with Gasteiger partial charge in [0.1, 0.15) is 22.6 Å². The highest BCUT2D eigenvalue weighted by Crippen LogP contribution is 2.33. The van der Waals surface area contributed by atoms with Crippen LogP contribution >= 0.6 is 11.3 Å². The van der Waals surface area contributed by atoms with E-state index in [0.717, 1.165) is 32.4 Å². The number of carbonyl (C=O) groups is 5. The second-order valence-electron chi connectivity index (χ2n) is 14.9. The van der Waals surface area contributed by atoms with Crippen LogP contribution in [-0.2, 0) is 39.8 Å². The molecule has 2 bridgehead atoms. The van der Waals surface area contributed by atoms with Crippen molar-refractivity contribution >= 4 is 41.0 Å². The molecule has 6 rings (SSSR count). The maximum Gasteiger partial charge on any atom is 0.308 e. The van der Waals surface area contributed by atoms with Crippen LogP contribution in [0.5, 0.6) is 0 Å². The van der Waals surface area contributed by atoms with Gasteiger partial charge in [-0.1, -0.05) is 20.8 Å². The number of hydrogen-bond donors (Lipinski definition) is 2. The Morgan fingerprint density at radius 1 is 1.06 bits per heavy atom. The largest absolute Gasteiger partial charge is 0.469 e. The van der Waals surface area contributed by atoms with E-state index in [2.05, 4.69) is 30.5 Å². The van der Waals surface area contributed by atoms with Gasteiger partial charge in [0.15, 0.2) is 6.10 Å². The topological polar surface area (TPSA) is 182 Å². The second-order valence-corrected chi connectivity index (χ2v) is 15.8. The summed E-state index contributed by atoms with van der Waals surface area (Å²) < 4.78 is 16.1. The van der Waals surface area contributed by atoms with Crippen molar-refractivity contribution in [1.29, 1.82) is 0 Å². The first-order valence-corrected chi connectivity index (χ1v) is 19.4. The summed E-state index contributed by atoms with van der Waals surface area (Å²) >= 11 is 1.18. The monoisotopic (exact) mass is 755 g/mol. The van der Waals surface area contributed by atoms with Gasteiger partial charge in [0, 0.05) is 62.6 Å². The molecule has 4 aliphatic heterocycles. The fourth-order valence-corrected chi connectivity index (χ4v) is 8.41. The molecule has 53 heavy (non-hydrogen) atoms. The normalized spacial score (nSPS) is 22.4. The number of amides is 3. The zero-order valence-electron chi connectivity index (χ0n) is 31.5. The van der Waals surface area contributed by atoms with E-state index in [-0.39, 0.29) is 54.6 Å². The number of aromatic nitrogens is 3. The van der Waals surface area contributed by atoms with Gasteiger partial charge in [-0.3, -0.25) is 28.9 Å². The molecule has 2 N–H and O–H groups in total. The fraction of sp³-hybridized carbons (Fsp3) is 0.676. The molecule has 15 nitrogen and oxygen atoms in total. The summed E-state index contributed by atoms with van der Waals surface area (Å²) in [6, 6.07) is -0.187. The summed E-state index contributed by atoms with van der Waals surface area (Å²) in [4.78, 5) is 82.9. The number of hydrogen-bond acceptors (Lipinski definition) is 13. The van der Waals surface area contributed by atoms with Crippen LogP contribution in [0, 0.1) is 23.7 Å². The SMILES string of the molecule is COC(=O)[C@@H](C)C[C@H](Cc1ncccn1)NC(=O)c1csc([C@@H](C[C@H](C(C)C)N(C)C(=O)[C@@H](NC(=O)[C@H]2CC3CCN2CC3)C2COC2)OC(C)=O)n1. The summed E-state index contributed by atoms with van der Waals surface area (Å²) in [6.45, 7) is 9.57. The Morgan fingerprint density at radius 3 is 2.32 bits per heavy atom. The van der Waals surface area contributed by atoms with Crippen LogP contribution in [0.4, 0.5) is 0 Å². The molecule has 3 amide bonds. The van der Waals surface area contributed by atoms with Gasteiger partial charge in [0.2, 0.25) is 11.8 Å². The number of carbonyl (C=O) groups excluding carboxylic acids is 5. The first-order valence-electron chi connectivity index (χ1n) is 18.5.